The summed E-state index contributed by atoms with van der Waals surface area (Å²) in [6, 6.07) is 16.7. The molecule has 0 bridgehead atoms. The molecule has 1 aliphatic rings. The van der Waals surface area contributed by atoms with Gasteiger partial charge in [-0.2, -0.15) is 0 Å². The Morgan fingerprint density at radius 3 is 2.38 bits per heavy atom. The second-order valence-corrected chi connectivity index (χ2v) is 7.06. The number of carbonyl (C=O) groups excluding carboxylic acids is 2. The molecule has 26 heavy (non-hydrogen) atoms. The fourth-order valence-corrected chi connectivity index (χ4v) is 3.43. The predicted molar refractivity (Wildman–Crippen MR) is 99.5 cm³/mol. The third-order valence-corrected chi connectivity index (χ3v) is 5.33. The van der Waals surface area contributed by atoms with E-state index in [9.17, 15) is 14.7 Å². The fraction of sp³-hybridized carbons (Fsp3) is 0.333. The summed E-state index contributed by atoms with van der Waals surface area (Å²) in [7, 11) is 1.72. The molecule has 2 aromatic rings. The predicted octanol–water partition coefficient (Wildman–Crippen LogP) is 2.23. The van der Waals surface area contributed by atoms with Crippen molar-refractivity contribution in [2.45, 2.75) is 32.2 Å². The van der Waals surface area contributed by atoms with Crippen LogP contribution in [-0.4, -0.2) is 52.1 Å². The van der Waals surface area contributed by atoms with Crippen LogP contribution >= 0.6 is 0 Å². The third-order valence-electron chi connectivity index (χ3n) is 5.33. The first-order chi connectivity index (χ1) is 12.3. The molecule has 0 aliphatic carbocycles. The van der Waals surface area contributed by atoms with Crippen molar-refractivity contribution in [2.24, 2.45) is 0 Å². The maximum Gasteiger partial charge on any atom is 0.246 e. The summed E-state index contributed by atoms with van der Waals surface area (Å²) in [6.07, 6.45) is -0.647. The molecular weight excluding hydrogens is 328 g/mol. The number of aliphatic hydroxyl groups excluding tert-OH is 1. The van der Waals surface area contributed by atoms with Crippen molar-refractivity contribution in [1.82, 2.24) is 9.80 Å². The summed E-state index contributed by atoms with van der Waals surface area (Å²) < 4.78 is 0. The number of hydrogen-bond donors (Lipinski definition) is 1. The minimum atomic E-state index is -1.12. The van der Waals surface area contributed by atoms with Crippen molar-refractivity contribution in [1.29, 1.82) is 0 Å². The molecule has 2 aromatic carbocycles. The Morgan fingerprint density at radius 1 is 1.12 bits per heavy atom. The Hall–Kier alpha value is -2.50. The topological polar surface area (TPSA) is 60.9 Å². The summed E-state index contributed by atoms with van der Waals surface area (Å²) >= 11 is 0. The molecule has 1 N–H and O–H groups in total. The molecule has 136 valence electrons. The molecule has 0 aromatic heterocycles. The van der Waals surface area contributed by atoms with Crippen LogP contribution in [0.1, 0.15) is 28.4 Å². The van der Waals surface area contributed by atoms with E-state index in [-0.39, 0.29) is 18.2 Å². The molecule has 2 unspecified atom stereocenters. The Kier molecular flexibility index (Phi) is 4.94. The van der Waals surface area contributed by atoms with Crippen LogP contribution in [0.15, 0.2) is 54.6 Å². The van der Waals surface area contributed by atoms with Crippen molar-refractivity contribution in [3.63, 3.8) is 0 Å². The highest BCUT2D eigenvalue weighted by Crippen LogP contribution is 2.32. The Bertz CT molecular complexity index is 821. The summed E-state index contributed by atoms with van der Waals surface area (Å²) in [5.74, 6) is -0.424. The summed E-state index contributed by atoms with van der Waals surface area (Å²) in [6.45, 7) is 3.68. The number of aliphatic hydroxyl groups is 1. The summed E-state index contributed by atoms with van der Waals surface area (Å²) in [4.78, 5) is 28.5. The molecule has 5 nitrogen and oxygen atoms in total. The van der Waals surface area contributed by atoms with Gasteiger partial charge in [0.05, 0.1) is 6.54 Å². The van der Waals surface area contributed by atoms with Crippen LogP contribution < -0.4 is 0 Å². The minimum absolute atomic E-state index is 0.141. The first-order valence-electron chi connectivity index (χ1n) is 8.69. The number of aryl methyl sites for hydroxylation is 1. The maximum absolute atomic E-state index is 13.1. The van der Waals surface area contributed by atoms with E-state index >= 15 is 0 Å². The molecule has 1 amide bonds. The average Bonchev–Trinajstić information content (AvgIpc) is 2.80. The smallest absolute Gasteiger partial charge is 0.246 e. The van der Waals surface area contributed by atoms with E-state index in [4.69, 9.17) is 0 Å². The van der Waals surface area contributed by atoms with Gasteiger partial charge >= 0.3 is 0 Å². The molecule has 1 aliphatic heterocycles. The van der Waals surface area contributed by atoms with E-state index in [1.165, 1.54) is 4.90 Å². The lowest BCUT2D eigenvalue weighted by molar-refractivity contribution is -0.135. The zero-order valence-corrected chi connectivity index (χ0v) is 15.3. The van der Waals surface area contributed by atoms with Crippen molar-refractivity contribution in [3.8, 4) is 0 Å². The van der Waals surface area contributed by atoms with Crippen LogP contribution in [-0.2, 0) is 11.2 Å². The SMILES string of the molecule is Cc1ccccc1CC1(C)C(=O)N(CC(=O)c2ccccc2)C(O)N1C. The van der Waals surface area contributed by atoms with Crippen LogP contribution in [0.25, 0.3) is 0 Å². The number of hydrogen-bond acceptors (Lipinski definition) is 4. The zero-order valence-electron chi connectivity index (χ0n) is 15.3. The monoisotopic (exact) mass is 352 g/mol. The first kappa shape index (κ1) is 18.3. The van der Waals surface area contributed by atoms with E-state index in [1.54, 1.807) is 36.2 Å². The molecule has 3 rings (SSSR count). The van der Waals surface area contributed by atoms with Gasteiger partial charge in [0, 0.05) is 5.56 Å². The Morgan fingerprint density at radius 2 is 1.73 bits per heavy atom. The van der Waals surface area contributed by atoms with Crippen LogP contribution in [0, 0.1) is 6.92 Å². The van der Waals surface area contributed by atoms with Gasteiger partial charge in [-0.3, -0.25) is 14.5 Å². The molecule has 0 radical (unpaired) electrons. The molecule has 1 heterocycles. The van der Waals surface area contributed by atoms with E-state index in [0.29, 0.717) is 12.0 Å². The van der Waals surface area contributed by atoms with Crippen LogP contribution in [0.2, 0.25) is 0 Å². The lowest BCUT2D eigenvalue weighted by Gasteiger charge is -2.30. The molecule has 0 saturated carbocycles. The van der Waals surface area contributed by atoms with Crippen LogP contribution in [0.5, 0.6) is 0 Å². The lowest BCUT2D eigenvalue weighted by Crippen LogP contribution is -2.47. The van der Waals surface area contributed by atoms with Crippen molar-refractivity contribution in [2.75, 3.05) is 13.6 Å². The van der Waals surface area contributed by atoms with Gasteiger partial charge in [0.15, 0.2) is 12.1 Å². The van der Waals surface area contributed by atoms with Crippen molar-refractivity contribution >= 4 is 11.7 Å². The normalized spacial score (nSPS) is 23.5. The van der Waals surface area contributed by atoms with Gasteiger partial charge < -0.3 is 5.11 Å². The van der Waals surface area contributed by atoms with E-state index < -0.39 is 11.9 Å². The van der Waals surface area contributed by atoms with Gasteiger partial charge in [-0.15, -0.1) is 0 Å². The number of likely N-dealkylation sites (N-methyl/N-ethyl adjacent to an activating group) is 1. The van der Waals surface area contributed by atoms with Crippen molar-refractivity contribution < 1.29 is 14.7 Å². The molecule has 2 atom stereocenters. The lowest BCUT2D eigenvalue weighted by atomic mass is 9.89. The maximum atomic E-state index is 13.1. The first-order valence-corrected chi connectivity index (χ1v) is 8.69. The zero-order chi connectivity index (χ0) is 18.9. The molecule has 1 fully saturated rings. The molecule has 5 heteroatoms. The minimum Gasteiger partial charge on any atom is -0.361 e. The van der Waals surface area contributed by atoms with Gasteiger partial charge in [0.1, 0.15) is 5.54 Å². The number of amides is 1. The van der Waals surface area contributed by atoms with Gasteiger partial charge in [0.25, 0.3) is 0 Å². The third kappa shape index (κ3) is 3.16. The number of nitrogens with zero attached hydrogens (tertiary/aromatic N) is 2. The number of carbonyl (C=O) groups is 2. The van der Waals surface area contributed by atoms with Crippen molar-refractivity contribution in [3.05, 3.63) is 71.3 Å². The highest BCUT2D eigenvalue weighted by molar-refractivity contribution is 6.00. The highest BCUT2D eigenvalue weighted by Gasteiger charge is 2.52. The van der Waals surface area contributed by atoms with Gasteiger partial charge in [-0.25, -0.2) is 4.90 Å². The summed E-state index contributed by atoms with van der Waals surface area (Å²) in [5.41, 5.74) is 1.78. The fourth-order valence-electron chi connectivity index (χ4n) is 3.43. The van der Waals surface area contributed by atoms with Crippen LogP contribution in [0.4, 0.5) is 0 Å². The van der Waals surface area contributed by atoms with E-state index in [0.717, 1.165) is 11.1 Å². The second-order valence-electron chi connectivity index (χ2n) is 7.06. The quantitative estimate of drug-likeness (QED) is 0.839. The van der Waals surface area contributed by atoms with Gasteiger partial charge in [-0.05, 0) is 38.4 Å². The number of ketones is 1. The highest BCUT2D eigenvalue weighted by atomic mass is 16.3. The number of benzene rings is 2. The van der Waals surface area contributed by atoms with E-state index in [2.05, 4.69) is 0 Å². The number of Topliss-reactive ketones (excluding diaryl/α,β-unsaturated/α-hetero) is 1. The average molecular weight is 352 g/mol. The molecular formula is C21H24N2O3. The number of rotatable bonds is 5. The largest absolute Gasteiger partial charge is 0.361 e. The summed E-state index contributed by atoms with van der Waals surface area (Å²) in [5, 5.41) is 10.6. The van der Waals surface area contributed by atoms with Gasteiger partial charge in [0.2, 0.25) is 5.91 Å². The van der Waals surface area contributed by atoms with E-state index in [1.807, 2.05) is 44.2 Å². The Balaban J connectivity index is 1.83. The second kappa shape index (κ2) is 7.02. The Labute approximate surface area is 153 Å². The van der Waals surface area contributed by atoms with Gasteiger partial charge in [-0.1, -0.05) is 54.6 Å². The standard InChI is InChI=1S/C21H24N2O3/c1-15-9-7-8-12-17(15)13-21(2)19(25)23(20(26)22(21)3)14-18(24)16-10-5-4-6-11-16/h4-12,20,26H,13-14H2,1-3H3. The van der Waals surface area contributed by atoms with Crippen LogP contribution in [0.3, 0.4) is 0 Å². The molecule has 1 saturated heterocycles. The molecule has 0 spiro atoms.